The van der Waals surface area contributed by atoms with Gasteiger partial charge >= 0.3 is 5.97 Å². The maximum atomic E-state index is 12.8. The molecule has 0 atom stereocenters. The minimum absolute atomic E-state index is 0.0874. The minimum atomic E-state index is -0.620. The maximum Gasteiger partial charge on any atom is 0.338 e. The maximum absolute atomic E-state index is 12.8. The largest absolute Gasteiger partial charge is 0.454 e. The van der Waals surface area contributed by atoms with E-state index in [1.807, 2.05) is 37.3 Å². The number of amides is 2. The minimum Gasteiger partial charge on any atom is -0.454 e. The Kier molecular flexibility index (Phi) is 5.34. The summed E-state index contributed by atoms with van der Waals surface area (Å²) in [5, 5.41) is 11.3. The summed E-state index contributed by atoms with van der Waals surface area (Å²) in [6.07, 6.45) is 0.840. The molecule has 0 saturated carbocycles. The number of carbonyl (C=O) groups is 3. The van der Waals surface area contributed by atoms with E-state index in [9.17, 15) is 14.4 Å². The van der Waals surface area contributed by atoms with Crippen molar-refractivity contribution in [2.75, 3.05) is 0 Å². The molecule has 2 amide bonds. The van der Waals surface area contributed by atoms with E-state index in [1.54, 1.807) is 4.68 Å². The van der Waals surface area contributed by atoms with E-state index in [2.05, 4.69) is 15.5 Å². The van der Waals surface area contributed by atoms with Crippen molar-refractivity contribution in [2.45, 2.75) is 33.0 Å². The quantitative estimate of drug-likeness (QED) is 0.438. The Morgan fingerprint density at radius 1 is 1.03 bits per heavy atom. The van der Waals surface area contributed by atoms with Crippen LogP contribution in [0.2, 0.25) is 0 Å². The molecule has 9 nitrogen and oxygen atoms in total. The number of hydrogen-bond acceptors (Lipinski definition) is 7. The highest BCUT2D eigenvalue weighted by atomic mass is 16.5. The molecule has 4 rings (SSSR count). The SMILES string of the molecule is CCCn1nnnc1COC(=O)c1ccc2c(c1)C(=O)N(Cc1ccccc1)C2=O. The molecule has 0 saturated heterocycles. The van der Waals surface area contributed by atoms with Gasteiger partial charge in [-0.25, -0.2) is 9.48 Å². The van der Waals surface area contributed by atoms with E-state index in [0.29, 0.717) is 12.4 Å². The lowest BCUT2D eigenvalue weighted by Gasteiger charge is -2.13. The van der Waals surface area contributed by atoms with Crippen LogP contribution in [-0.4, -0.2) is 42.9 Å². The first-order chi connectivity index (χ1) is 14.6. The van der Waals surface area contributed by atoms with Crippen molar-refractivity contribution in [3.8, 4) is 0 Å². The second-order valence-corrected chi connectivity index (χ2v) is 6.84. The molecule has 0 N–H and O–H groups in total. The highest BCUT2D eigenvalue weighted by Gasteiger charge is 2.36. The zero-order valence-corrected chi connectivity index (χ0v) is 16.3. The lowest BCUT2D eigenvalue weighted by Crippen LogP contribution is -2.29. The molecule has 30 heavy (non-hydrogen) atoms. The normalized spacial score (nSPS) is 12.9. The van der Waals surface area contributed by atoms with E-state index in [4.69, 9.17) is 4.74 Å². The van der Waals surface area contributed by atoms with Gasteiger partial charge < -0.3 is 4.74 Å². The van der Waals surface area contributed by atoms with Crippen molar-refractivity contribution in [2.24, 2.45) is 0 Å². The van der Waals surface area contributed by atoms with Crippen molar-refractivity contribution in [1.82, 2.24) is 25.1 Å². The Morgan fingerprint density at radius 3 is 2.57 bits per heavy atom. The highest BCUT2D eigenvalue weighted by Crippen LogP contribution is 2.26. The number of rotatable bonds is 7. The number of hydrogen-bond donors (Lipinski definition) is 0. The average molecular weight is 405 g/mol. The van der Waals surface area contributed by atoms with Crippen LogP contribution < -0.4 is 0 Å². The Morgan fingerprint density at radius 2 is 1.80 bits per heavy atom. The molecule has 3 aromatic rings. The van der Waals surface area contributed by atoms with E-state index in [1.165, 1.54) is 23.1 Å². The highest BCUT2D eigenvalue weighted by molar-refractivity contribution is 6.21. The molecule has 152 valence electrons. The van der Waals surface area contributed by atoms with E-state index in [-0.39, 0.29) is 35.7 Å². The van der Waals surface area contributed by atoms with Crippen molar-refractivity contribution in [3.63, 3.8) is 0 Å². The van der Waals surface area contributed by atoms with Crippen LogP contribution in [0, 0.1) is 0 Å². The fraction of sp³-hybridized carbons (Fsp3) is 0.238. The summed E-state index contributed by atoms with van der Waals surface area (Å²) in [4.78, 5) is 39.0. The third kappa shape index (κ3) is 3.69. The number of aryl methyl sites for hydroxylation is 1. The number of tetrazole rings is 1. The number of benzene rings is 2. The summed E-state index contributed by atoms with van der Waals surface area (Å²) in [5.41, 5.74) is 1.50. The molecule has 2 heterocycles. The fourth-order valence-corrected chi connectivity index (χ4v) is 3.25. The molecule has 0 bridgehead atoms. The summed E-state index contributed by atoms with van der Waals surface area (Å²) in [5.74, 6) is -0.991. The molecular formula is C21H19N5O4. The molecule has 0 spiro atoms. The lowest BCUT2D eigenvalue weighted by atomic mass is 10.1. The van der Waals surface area contributed by atoms with Gasteiger partial charge in [0, 0.05) is 6.54 Å². The zero-order chi connectivity index (χ0) is 21.1. The second kappa shape index (κ2) is 8.24. The van der Waals surface area contributed by atoms with Crippen LogP contribution in [0.5, 0.6) is 0 Å². The number of carbonyl (C=O) groups excluding carboxylic acids is 3. The van der Waals surface area contributed by atoms with Crippen LogP contribution in [0.15, 0.2) is 48.5 Å². The van der Waals surface area contributed by atoms with Crippen molar-refractivity contribution in [1.29, 1.82) is 0 Å². The number of nitrogens with zero attached hydrogens (tertiary/aromatic N) is 5. The van der Waals surface area contributed by atoms with Crippen LogP contribution in [0.25, 0.3) is 0 Å². The van der Waals surface area contributed by atoms with Crippen LogP contribution in [0.3, 0.4) is 0 Å². The summed E-state index contributed by atoms with van der Waals surface area (Å²) in [6, 6.07) is 13.6. The van der Waals surface area contributed by atoms with Gasteiger partial charge in [0.2, 0.25) is 0 Å². The van der Waals surface area contributed by atoms with Gasteiger partial charge in [0.1, 0.15) is 0 Å². The molecule has 1 aromatic heterocycles. The number of aromatic nitrogens is 4. The zero-order valence-electron chi connectivity index (χ0n) is 16.3. The van der Waals surface area contributed by atoms with Crippen LogP contribution in [-0.2, 0) is 24.4 Å². The molecule has 0 aliphatic carbocycles. The van der Waals surface area contributed by atoms with Crippen molar-refractivity contribution >= 4 is 17.8 Å². The smallest absolute Gasteiger partial charge is 0.338 e. The van der Waals surface area contributed by atoms with E-state index < -0.39 is 11.9 Å². The Bertz CT molecular complexity index is 1110. The first-order valence-electron chi connectivity index (χ1n) is 9.54. The molecule has 9 heteroatoms. The number of ether oxygens (including phenoxy) is 1. The van der Waals surface area contributed by atoms with Gasteiger partial charge in [-0.15, -0.1) is 5.10 Å². The van der Waals surface area contributed by atoms with Gasteiger partial charge in [0.05, 0.1) is 23.2 Å². The molecule has 1 aliphatic rings. The van der Waals surface area contributed by atoms with E-state index >= 15 is 0 Å². The Hall–Kier alpha value is -3.88. The van der Waals surface area contributed by atoms with Crippen LogP contribution in [0.4, 0.5) is 0 Å². The summed E-state index contributed by atoms with van der Waals surface area (Å²) in [7, 11) is 0. The van der Waals surface area contributed by atoms with Gasteiger partial charge in [-0.05, 0) is 40.6 Å². The summed E-state index contributed by atoms with van der Waals surface area (Å²) >= 11 is 0. The average Bonchev–Trinajstić information content (AvgIpc) is 3.31. The molecule has 0 fully saturated rings. The molecule has 2 aromatic carbocycles. The first-order valence-corrected chi connectivity index (χ1v) is 9.54. The van der Waals surface area contributed by atoms with E-state index in [0.717, 1.165) is 12.0 Å². The van der Waals surface area contributed by atoms with Gasteiger partial charge in [-0.3, -0.25) is 14.5 Å². The molecule has 0 unspecified atom stereocenters. The van der Waals surface area contributed by atoms with Crippen molar-refractivity contribution < 1.29 is 19.1 Å². The second-order valence-electron chi connectivity index (χ2n) is 6.84. The number of fused-ring (bicyclic) bond motifs is 1. The Balaban J connectivity index is 1.48. The van der Waals surface area contributed by atoms with Crippen molar-refractivity contribution in [3.05, 3.63) is 76.6 Å². The predicted octanol–water partition coefficient (Wildman–Crippen LogP) is 2.24. The third-order valence-corrected chi connectivity index (χ3v) is 4.76. The predicted molar refractivity (Wildman–Crippen MR) is 104 cm³/mol. The first kappa shape index (κ1) is 19.4. The fourth-order valence-electron chi connectivity index (χ4n) is 3.25. The standard InChI is InChI=1S/C21H19N5O4/c1-2-10-26-18(22-23-24-26)13-30-21(29)15-8-9-16-17(11-15)20(28)25(19(16)27)12-14-6-4-3-5-7-14/h3-9,11H,2,10,12-13H2,1H3. The lowest BCUT2D eigenvalue weighted by molar-refractivity contribution is 0.0456. The molecule has 0 radical (unpaired) electrons. The third-order valence-electron chi connectivity index (χ3n) is 4.76. The number of esters is 1. The summed E-state index contributed by atoms with van der Waals surface area (Å²) < 4.78 is 6.86. The van der Waals surface area contributed by atoms with Gasteiger partial charge in [0.15, 0.2) is 12.4 Å². The molecule has 1 aliphatic heterocycles. The topological polar surface area (TPSA) is 107 Å². The molecular weight excluding hydrogens is 386 g/mol. The van der Waals surface area contributed by atoms with Crippen LogP contribution >= 0.6 is 0 Å². The van der Waals surface area contributed by atoms with Gasteiger partial charge in [0.25, 0.3) is 11.8 Å². The monoisotopic (exact) mass is 405 g/mol. The van der Waals surface area contributed by atoms with Gasteiger partial charge in [-0.2, -0.15) is 0 Å². The van der Waals surface area contributed by atoms with Gasteiger partial charge in [-0.1, -0.05) is 37.3 Å². The number of imide groups is 1. The summed E-state index contributed by atoms with van der Waals surface area (Å²) in [6.45, 7) is 2.69. The van der Waals surface area contributed by atoms with Crippen LogP contribution in [0.1, 0.15) is 55.8 Å². The Labute approximate surface area is 172 Å².